The fourth-order valence-electron chi connectivity index (χ4n) is 3.93. The first kappa shape index (κ1) is 21.1. The van der Waals surface area contributed by atoms with Crippen molar-refractivity contribution >= 4 is 15.9 Å². The number of amides is 1. The number of carbonyl (C=O) groups excluding carboxylic acids is 1. The minimum Gasteiger partial charge on any atom is -0.494 e. The molecule has 2 aliphatic rings. The monoisotopic (exact) mass is 409 g/mol. The number of nitrogens with zero attached hydrogens (tertiary/aromatic N) is 3. The predicted molar refractivity (Wildman–Crippen MR) is 108 cm³/mol. The van der Waals surface area contributed by atoms with E-state index in [9.17, 15) is 13.2 Å². The van der Waals surface area contributed by atoms with Gasteiger partial charge in [0.1, 0.15) is 5.75 Å². The molecule has 2 fully saturated rings. The Bertz CT molecular complexity index is 758. The quantitative estimate of drug-likeness (QED) is 0.715. The topological polar surface area (TPSA) is 70.2 Å². The number of ether oxygens (including phenoxy) is 1. The van der Waals surface area contributed by atoms with Crippen LogP contribution < -0.4 is 4.74 Å². The summed E-state index contributed by atoms with van der Waals surface area (Å²) in [6, 6.07) is 6.51. The van der Waals surface area contributed by atoms with Gasteiger partial charge in [-0.3, -0.25) is 4.79 Å². The first-order chi connectivity index (χ1) is 13.5. The van der Waals surface area contributed by atoms with Crippen LogP contribution in [0.3, 0.4) is 0 Å². The second kappa shape index (κ2) is 9.24. The van der Waals surface area contributed by atoms with Gasteiger partial charge in [-0.2, -0.15) is 4.31 Å². The van der Waals surface area contributed by atoms with Crippen LogP contribution in [0.15, 0.2) is 29.2 Å². The van der Waals surface area contributed by atoms with Crippen LogP contribution in [0.1, 0.15) is 26.7 Å². The van der Waals surface area contributed by atoms with Crippen LogP contribution in [-0.4, -0.2) is 80.9 Å². The molecule has 0 aliphatic carbocycles. The van der Waals surface area contributed by atoms with Gasteiger partial charge in [0.05, 0.1) is 17.4 Å². The maximum absolute atomic E-state index is 13.0. The molecule has 0 aromatic heterocycles. The van der Waals surface area contributed by atoms with Crippen molar-refractivity contribution in [2.75, 3.05) is 52.4 Å². The number of carbonyl (C=O) groups is 1. The number of rotatable bonds is 6. The van der Waals surface area contributed by atoms with E-state index in [0.29, 0.717) is 25.3 Å². The first-order valence-corrected chi connectivity index (χ1v) is 11.6. The molecule has 28 heavy (non-hydrogen) atoms. The number of piperazine rings is 1. The summed E-state index contributed by atoms with van der Waals surface area (Å²) in [5, 5.41) is 0. The molecule has 0 spiro atoms. The van der Waals surface area contributed by atoms with Crippen LogP contribution in [0, 0.1) is 5.92 Å². The van der Waals surface area contributed by atoms with Gasteiger partial charge in [-0.1, -0.05) is 6.92 Å². The van der Waals surface area contributed by atoms with Crippen molar-refractivity contribution in [2.24, 2.45) is 5.92 Å². The van der Waals surface area contributed by atoms with E-state index in [4.69, 9.17) is 4.74 Å². The van der Waals surface area contributed by atoms with Gasteiger partial charge >= 0.3 is 0 Å². The van der Waals surface area contributed by atoms with E-state index in [0.717, 1.165) is 39.1 Å². The molecule has 8 heteroatoms. The number of hydrogen-bond acceptors (Lipinski definition) is 5. The lowest BCUT2D eigenvalue weighted by Gasteiger charge is -2.38. The largest absolute Gasteiger partial charge is 0.494 e. The minimum atomic E-state index is -3.60. The second-order valence-corrected chi connectivity index (χ2v) is 9.30. The summed E-state index contributed by atoms with van der Waals surface area (Å²) in [4.78, 5) is 17.4. The van der Waals surface area contributed by atoms with Crippen molar-refractivity contribution in [2.45, 2.75) is 31.6 Å². The molecular weight excluding hydrogens is 378 g/mol. The summed E-state index contributed by atoms with van der Waals surface area (Å²) < 4.78 is 32.9. The molecule has 0 unspecified atom stereocenters. The average molecular weight is 410 g/mol. The van der Waals surface area contributed by atoms with Gasteiger partial charge in [0.15, 0.2) is 0 Å². The number of sulfonamides is 1. The van der Waals surface area contributed by atoms with Crippen molar-refractivity contribution < 1.29 is 17.9 Å². The van der Waals surface area contributed by atoms with Gasteiger partial charge in [0, 0.05) is 39.3 Å². The van der Waals surface area contributed by atoms with E-state index in [1.165, 1.54) is 4.31 Å². The lowest BCUT2D eigenvalue weighted by Crippen LogP contribution is -2.52. The van der Waals surface area contributed by atoms with Crippen LogP contribution in [0.25, 0.3) is 0 Å². The van der Waals surface area contributed by atoms with Crippen LogP contribution in [-0.2, 0) is 14.8 Å². The van der Waals surface area contributed by atoms with Crippen LogP contribution in [0.2, 0.25) is 0 Å². The number of piperidine rings is 1. The van der Waals surface area contributed by atoms with Gasteiger partial charge in [-0.05, 0) is 50.6 Å². The smallest absolute Gasteiger partial charge is 0.243 e. The molecule has 1 aromatic rings. The third-order valence-electron chi connectivity index (χ3n) is 5.64. The van der Waals surface area contributed by atoms with Crippen molar-refractivity contribution in [1.82, 2.24) is 14.1 Å². The summed E-state index contributed by atoms with van der Waals surface area (Å²) >= 11 is 0. The van der Waals surface area contributed by atoms with Crippen molar-refractivity contribution in [3.63, 3.8) is 0 Å². The maximum Gasteiger partial charge on any atom is 0.243 e. The van der Waals surface area contributed by atoms with E-state index in [1.807, 2.05) is 11.8 Å². The first-order valence-electron chi connectivity index (χ1n) is 10.2. The Morgan fingerprint density at radius 2 is 1.75 bits per heavy atom. The molecule has 3 rings (SSSR count). The highest BCUT2D eigenvalue weighted by molar-refractivity contribution is 7.89. The van der Waals surface area contributed by atoms with Gasteiger partial charge in [0.25, 0.3) is 0 Å². The van der Waals surface area contributed by atoms with E-state index in [1.54, 1.807) is 24.3 Å². The van der Waals surface area contributed by atoms with Gasteiger partial charge in [0.2, 0.25) is 15.9 Å². The molecule has 0 N–H and O–H groups in total. The Hall–Kier alpha value is -1.64. The van der Waals surface area contributed by atoms with Gasteiger partial charge in [-0.25, -0.2) is 8.42 Å². The molecule has 0 saturated carbocycles. The lowest BCUT2D eigenvalue weighted by molar-refractivity contribution is -0.138. The Balaban J connectivity index is 1.65. The summed E-state index contributed by atoms with van der Waals surface area (Å²) in [6.45, 7) is 9.52. The summed E-state index contributed by atoms with van der Waals surface area (Å²) in [7, 11) is -3.60. The number of likely N-dealkylation sites (N-methyl/N-ethyl adjacent to an activating group) is 1. The van der Waals surface area contributed by atoms with Gasteiger partial charge < -0.3 is 14.5 Å². The predicted octanol–water partition coefficient (Wildman–Crippen LogP) is 1.65. The molecule has 1 atom stereocenters. The summed E-state index contributed by atoms with van der Waals surface area (Å²) in [6.07, 6.45) is 1.46. The maximum atomic E-state index is 13.0. The van der Waals surface area contributed by atoms with Crippen molar-refractivity contribution in [1.29, 1.82) is 0 Å². The molecule has 2 aliphatic heterocycles. The van der Waals surface area contributed by atoms with Gasteiger partial charge in [-0.15, -0.1) is 0 Å². The fraction of sp³-hybridized carbons (Fsp3) is 0.650. The molecule has 2 heterocycles. The number of benzene rings is 1. The highest BCUT2D eigenvalue weighted by Crippen LogP contribution is 2.26. The fourth-order valence-corrected chi connectivity index (χ4v) is 5.45. The average Bonchev–Trinajstić information content (AvgIpc) is 2.74. The Morgan fingerprint density at radius 3 is 2.36 bits per heavy atom. The molecule has 156 valence electrons. The Labute approximate surface area is 168 Å². The molecule has 2 saturated heterocycles. The third-order valence-corrected chi connectivity index (χ3v) is 7.52. The molecule has 1 amide bonds. The van der Waals surface area contributed by atoms with E-state index >= 15 is 0 Å². The Morgan fingerprint density at radius 1 is 1.07 bits per heavy atom. The zero-order valence-electron chi connectivity index (χ0n) is 16.8. The van der Waals surface area contributed by atoms with Crippen LogP contribution in [0.5, 0.6) is 5.75 Å². The molecule has 1 aromatic carbocycles. The van der Waals surface area contributed by atoms with Crippen molar-refractivity contribution in [3.05, 3.63) is 24.3 Å². The van der Waals surface area contributed by atoms with Crippen LogP contribution in [0.4, 0.5) is 0 Å². The lowest BCUT2D eigenvalue weighted by atomic mass is 9.98. The SMILES string of the molecule is CCOc1ccc(S(=O)(=O)N2CCC[C@@H](C(=O)N3CCN(CC)CC3)C2)cc1. The van der Waals surface area contributed by atoms with E-state index < -0.39 is 10.0 Å². The summed E-state index contributed by atoms with van der Waals surface area (Å²) in [5.74, 6) is 0.501. The normalized spacial score (nSPS) is 22.2. The molecule has 7 nitrogen and oxygen atoms in total. The van der Waals surface area contributed by atoms with Crippen LogP contribution >= 0.6 is 0 Å². The zero-order chi connectivity index (χ0) is 20.1. The third kappa shape index (κ3) is 4.67. The minimum absolute atomic E-state index is 0.0994. The second-order valence-electron chi connectivity index (χ2n) is 7.37. The zero-order valence-corrected chi connectivity index (χ0v) is 17.7. The van der Waals surface area contributed by atoms with E-state index in [2.05, 4.69) is 11.8 Å². The van der Waals surface area contributed by atoms with E-state index in [-0.39, 0.29) is 23.3 Å². The van der Waals surface area contributed by atoms with Crippen molar-refractivity contribution in [3.8, 4) is 5.75 Å². The molecular formula is C20H31N3O4S. The number of hydrogen-bond donors (Lipinski definition) is 0. The molecule has 0 radical (unpaired) electrons. The highest BCUT2D eigenvalue weighted by Gasteiger charge is 2.35. The Kier molecular flexibility index (Phi) is 6.95. The molecule has 0 bridgehead atoms. The highest BCUT2D eigenvalue weighted by atomic mass is 32.2. The standard InChI is InChI=1S/C20H31N3O4S/c1-3-21-12-14-22(15-13-21)20(24)17-6-5-11-23(16-17)28(25,26)19-9-7-18(8-10-19)27-4-2/h7-10,17H,3-6,11-16H2,1-2H3/t17-/m1/s1. The summed E-state index contributed by atoms with van der Waals surface area (Å²) in [5.41, 5.74) is 0.